The molecule has 7 heteroatoms. The van der Waals surface area contributed by atoms with Crippen molar-refractivity contribution in [3.8, 4) is 0 Å². The molecule has 21 heavy (non-hydrogen) atoms. The molecule has 0 spiro atoms. The van der Waals surface area contributed by atoms with Crippen LogP contribution in [0, 0.1) is 0 Å². The predicted octanol–water partition coefficient (Wildman–Crippen LogP) is 2.07. The van der Waals surface area contributed by atoms with Crippen LogP contribution in [0.5, 0.6) is 0 Å². The van der Waals surface area contributed by atoms with Gasteiger partial charge in [0, 0.05) is 45.1 Å². The van der Waals surface area contributed by atoms with Gasteiger partial charge in [-0.15, -0.1) is 0 Å². The normalized spacial score (nSPS) is 7.71. The van der Waals surface area contributed by atoms with Crippen LogP contribution in [0.15, 0.2) is 24.3 Å². The number of rotatable bonds is 2. The van der Waals surface area contributed by atoms with E-state index in [0.29, 0.717) is 0 Å². The molecule has 0 aromatic heterocycles. The zero-order valence-electron chi connectivity index (χ0n) is 13.7. The molecule has 0 fully saturated rings. The first-order chi connectivity index (χ1) is 8.75. The third-order valence-electron chi connectivity index (χ3n) is 0.730. The van der Waals surface area contributed by atoms with Crippen LogP contribution in [0.4, 0.5) is 0 Å². The Morgan fingerprint density at radius 1 is 0.762 bits per heavy atom. The van der Waals surface area contributed by atoms with E-state index in [1.165, 1.54) is 13.8 Å². The maximum atomic E-state index is 9.60. The average molecular weight is 340 g/mol. The Morgan fingerprint density at radius 2 is 0.810 bits per heavy atom. The summed E-state index contributed by atoms with van der Waals surface area (Å²) in [6.07, 6.45) is -0.333. The van der Waals surface area contributed by atoms with Gasteiger partial charge in [-0.2, -0.15) is 0 Å². The summed E-state index contributed by atoms with van der Waals surface area (Å²) in [5, 5.41) is 31.9. The summed E-state index contributed by atoms with van der Waals surface area (Å²) in [4.78, 5) is 19.2. The zero-order valence-corrected chi connectivity index (χ0v) is 15.2. The molecule has 0 aromatic carbocycles. The molecule has 0 atom stereocenters. The summed E-state index contributed by atoms with van der Waals surface area (Å²) in [5.74, 6) is -1.87. The summed E-state index contributed by atoms with van der Waals surface area (Å²) < 4.78 is 0. The van der Waals surface area contributed by atoms with Crippen molar-refractivity contribution in [3.05, 3.63) is 24.3 Å². The topological polar surface area (TPSA) is 115 Å². The standard InChI is InChI=1S/2C4H6O2.2C3H8O.Ti/c2*1-3(2)4(5)6;2*1-3(2)4;/h2*1H2,2H3,(H,5,6);2*3-4H,1-2H3;. The first-order valence-electron chi connectivity index (χ1n) is 5.89. The molecule has 0 rings (SSSR count). The molecule has 0 saturated carbocycles. The van der Waals surface area contributed by atoms with E-state index in [1.807, 2.05) is 0 Å². The molecule has 0 amide bonds. The van der Waals surface area contributed by atoms with Crippen LogP contribution >= 0.6 is 0 Å². The second-order valence-electron chi connectivity index (χ2n) is 4.36. The SMILES string of the molecule is C=C(C)C(=O)O.C=C(C)C(=O)O.CC(C)O.CC(C)O.[Ti]. The van der Waals surface area contributed by atoms with E-state index in [2.05, 4.69) is 13.2 Å². The third kappa shape index (κ3) is 111. The molecule has 0 aliphatic carbocycles. The smallest absolute Gasteiger partial charge is 0.330 e. The predicted molar refractivity (Wildman–Crippen MR) is 79.6 cm³/mol. The van der Waals surface area contributed by atoms with Crippen molar-refractivity contribution in [2.45, 2.75) is 53.8 Å². The Morgan fingerprint density at radius 3 is 0.810 bits per heavy atom. The molecular weight excluding hydrogens is 312 g/mol. The van der Waals surface area contributed by atoms with Crippen LogP contribution in [0.3, 0.4) is 0 Å². The summed E-state index contributed by atoms with van der Waals surface area (Å²) in [5.41, 5.74) is 0.352. The Kier molecular flexibility index (Phi) is 32.7. The molecule has 124 valence electrons. The molecule has 0 bridgehead atoms. The molecule has 0 heterocycles. The maximum Gasteiger partial charge on any atom is 0.330 e. The van der Waals surface area contributed by atoms with E-state index in [4.69, 9.17) is 20.4 Å². The Labute approximate surface area is 142 Å². The Hall–Kier alpha value is -0.946. The Bertz CT molecular complexity index is 238. The first kappa shape index (κ1) is 32.1. The van der Waals surface area contributed by atoms with Crippen molar-refractivity contribution in [1.82, 2.24) is 0 Å². The van der Waals surface area contributed by atoms with Crippen molar-refractivity contribution in [3.63, 3.8) is 0 Å². The second-order valence-corrected chi connectivity index (χ2v) is 4.36. The molecule has 4 N–H and O–H groups in total. The van der Waals surface area contributed by atoms with E-state index in [-0.39, 0.29) is 45.1 Å². The van der Waals surface area contributed by atoms with E-state index in [0.717, 1.165) is 0 Å². The fourth-order valence-corrected chi connectivity index (χ4v) is 0. The minimum atomic E-state index is -0.935. The molecular formula is C14H28O6Ti. The maximum absolute atomic E-state index is 9.60. The van der Waals surface area contributed by atoms with Crippen molar-refractivity contribution in [1.29, 1.82) is 0 Å². The van der Waals surface area contributed by atoms with Gasteiger partial charge in [0.05, 0.1) is 0 Å². The van der Waals surface area contributed by atoms with Crippen molar-refractivity contribution >= 4 is 11.9 Å². The summed E-state index contributed by atoms with van der Waals surface area (Å²) in [6.45, 7) is 16.1. The second kappa shape index (κ2) is 21.4. The quantitative estimate of drug-likeness (QED) is 0.452. The van der Waals surface area contributed by atoms with E-state index >= 15 is 0 Å². The Balaban J connectivity index is -0.0000000544. The van der Waals surface area contributed by atoms with E-state index in [9.17, 15) is 9.59 Å². The van der Waals surface area contributed by atoms with Gasteiger partial charge in [0.25, 0.3) is 0 Å². The zero-order chi connectivity index (χ0) is 17.5. The minimum Gasteiger partial charge on any atom is -0.478 e. The molecule has 0 aromatic rings. The molecule has 0 aliphatic rings. The van der Waals surface area contributed by atoms with Crippen LogP contribution in [-0.4, -0.2) is 44.6 Å². The van der Waals surface area contributed by atoms with Gasteiger partial charge in [0.1, 0.15) is 0 Å². The van der Waals surface area contributed by atoms with Gasteiger partial charge >= 0.3 is 11.9 Å². The fraction of sp³-hybridized carbons (Fsp3) is 0.571. The average Bonchev–Trinajstić information content (AvgIpc) is 2.15. The van der Waals surface area contributed by atoms with Crippen LogP contribution in [0.2, 0.25) is 0 Å². The summed E-state index contributed by atoms with van der Waals surface area (Å²) >= 11 is 0. The van der Waals surface area contributed by atoms with Gasteiger partial charge in [-0.1, -0.05) is 13.2 Å². The van der Waals surface area contributed by atoms with Gasteiger partial charge in [-0.05, 0) is 41.5 Å². The number of hydrogen-bond donors (Lipinski definition) is 4. The van der Waals surface area contributed by atoms with Gasteiger partial charge in [-0.25, -0.2) is 9.59 Å². The van der Waals surface area contributed by atoms with Crippen molar-refractivity contribution in [2.75, 3.05) is 0 Å². The molecule has 0 unspecified atom stereocenters. The number of carbonyl (C=O) groups is 2. The third-order valence-corrected chi connectivity index (χ3v) is 0.730. The molecule has 0 saturated heterocycles. The van der Waals surface area contributed by atoms with Crippen molar-refractivity contribution < 1.29 is 51.7 Å². The number of carboxylic acid groups (broad SMARTS) is 2. The van der Waals surface area contributed by atoms with Gasteiger partial charge in [-0.3, -0.25) is 0 Å². The largest absolute Gasteiger partial charge is 0.478 e. The number of aliphatic hydroxyl groups excluding tert-OH is 2. The minimum absolute atomic E-state index is 0. The van der Waals surface area contributed by atoms with Crippen LogP contribution in [0.1, 0.15) is 41.5 Å². The fourth-order valence-electron chi connectivity index (χ4n) is 0. The van der Waals surface area contributed by atoms with Crippen LogP contribution in [-0.2, 0) is 31.3 Å². The van der Waals surface area contributed by atoms with E-state index < -0.39 is 11.9 Å². The summed E-state index contributed by atoms with van der Waals surface area (Å²) in [7, 11) is 0. The number of carboxylic acids is 2. The molecule has 0 aliphatic heterocycles. The van der Waals surface area contributed by atoms with Gasteiger partial charge in [0.15, 0.2) is 0 Å². The number of hydrogen-bond acceptors (Lipinski definition) is 4. The van der Waals surface area contributed by atoms with Gasteiger partial charge in [0.2, 0.25) is 0 Å². The monoisotopic (exact) mass is 340 g/mol. The van der Waals surface area contributed by atoms with E-state index in [1.54, 1.807) is 27.7 Å². The molecule has 6 nitrogen and oxygen atoms in total. The van der Waals surface area contributed by atoms with Crippen molar-refractivity contribution in [2.24, 2.45) is 0 Å². The first-order valence-corrected chi connectivity index (χ1v) is 5.89. The number of aliphatic carboxylic acids is 2. The van der Waals surface area contributed by atoms with Gasteiger partial charge < -0.3 is 20.4 Å². The van der Waals surface area contributed by atoms with Crippen LogP contribution in [0.25, 0.3) is 0 Å². The number of aliphatic hydroxyl groups is 2. The summed E-state index contributed by atoms with van der Waals surface area (Å²) in [6, 6.07) is 0. The van der Waals surface area contributed by atoms with Crippen LogP contribution < -0.4 is 0 Å². The molecule has 0 radical (unpaired) electrons.